The molecule has 0 spiro atoms. The summed E-state index contributed by atoms with van der Waals surface area (Å²) in [6.07, 6.45) is 0. The maximum Gasteiger partial charge on any atom is 0.170 e. The van der Waals surface area contributed by atoms with Crippen LogP contribution < -0.4 is 16.0 Å². The Morgan fingerprint density at radius 3 is 2.65 bits per heavy atom. The van der Waals surface area contributed by atoms with Gasteiger partial charge in [-0.05, 0) is 31.5 Å². The Bertz CT molecular complexity index is 618. The highest BCUT2D eigenvalue weighted by molar-refractivity contribution is 5.39. The van der Waals surface area contributed by atoms with Crippen molar-refractivity contribution in [1.29, 1.82) is 0 Å². The Hall–Kier alpha value is -2.05. The van der Waals surface area contributed by atoms with E-state index in [0.29, 0.717) is 11.3 Å². The monoisotopic (exact) mass is 276 g/mol. The predicted molar refractivity (Wildman–Crippen MR) is 73.6 cm³/mol. The lowest BCUT2D eigenvalue weighted by atomic mass is 9.97. The quantitative estimate of drug-likeness (QED) is 0.658. The molecule has 0 aliphatic heterocycles. The number of hydrogen-bond acceptors (Lipinski definition) is 5. The van der Waals surface area contributed by atoms with Crippen molar-refractivity contribution >= 4 is 0 Å². The molecule has 0 amide bonds. The number of nitrogens with two attached hydrogens (primary N) is 1. The van der Waals surface area contributed by atoms with Gasteiger partial charge in [-0.25, -0.2) is 9.82 Å². The second-order valence-electron chi connectivity index (χ2n) is 4.49. The van der Waals surface area contributed by atoms with E-state index in [4.69, 9.17) is 10.6 Å². The molecule has 0 bridgehead atoms. The van der Waals surface area contributed by atoms with Crippen molar-refractivity contribution < 1.29 is 9.13 Å². The minimum atomic E-state index is -0.515. The maximum atomic E-state index is 14.4. The molecule has 2 rings (SSSR count). The second kappa shape index (κ2) is 5.94. The number of nitrogens with one attached hydrogen (secondary N) is 1. The van der Waals surface area contributed by atoms with E-state index in [1.807, 2.05) is 19.9 Å². The van der Waals surface area contributed by atoms with E-state index in [0.717, 1.165) is 11.3 Å². The lowest BCUT2D eigenvalue weighted by molar-refractivity contribution is 0.381. The van der Waals surface area contributed by atoms with Crippen LogP contribution in [-0.4, -0.2) is 17.3 Å². The third-order valence-electron chi connectivity index (χ3n) is 3.14. The van der Waals surface area contributed by atoms with E-state index in [9.17, 15) is 4.39 Å². The summed E-state index contributed by atoms with van der Waals surface area (Å²) in [5.41, 5.74) is 5.26. The summed E-state index contributed by atoms with van der Waals surface area (Å²) in [6.45, 7) is 3.63. The minimum Gasteiger partial charge on any atom is -0.494 e. The molecule has 5 nitrogen and oxygen atoms in total. The Kier molecular flexibility index (Phi) is 4.26. The van der Waals surface area contributed by atoms with Crippen LogP contribution in [0.25, 0.3) is 0 Å². The Balaban J connectivity index is 2.55. The first-order valence-corrected chi connectivity index (χ1v) is 6.17. The smallest absolute Gasteiger partial charge is 0.170 e. The number of aromatic nitrogens is 2. The molecule has 0 saturated carbocycles. The number of halogens is 1. The van der Waals surface area contributed by atoms with Gasteiger partial charge in [-0.1, -0.05) is 12.1 Å². The summed E-state index contributed by atoms with van der Waals surface area (Å²) >= 11 is 0. The number of hydrogen-bond donors (Lipinski definition) is 2. The number of hydrazine groups is 1. The third kappa shape index (κ3) is 2.61. The van der Waals surface area contributed by atoms with Gasteiger partial charge in [0.25, 0.3) is 0 Å². The molecule has 106 valence electrons. The maximum absolute atomic E-state index is 14.4. The molecule has 6 heteroatoms. The molecule has 2 aromatic rings. The first kappa shape index (κ1) is 14.4. The van der Waals surface area contributed by atoms with E-state index in [2.05, 4.69) is 15.6 Å². The lowest BCUT2D eigenvalue weighted by Gasteiger charge is -2.20. The molecule has 0 aliphatic rings. The van der Waals surface area contributed by atoms with E-state index in [1.165, 1.54) is 7.11 Å². The highest BCUT2D eigenvalue weighted by Gasteiger charge is 2.21. The van der Waals surface area contributed by atoms with Gasteiger partial charge in [0.2, 0.25) is 0 Å². The third-order valence-corrected chi connectivity index (χ3v) is 3.14. The van der Waals surface area contributed by atoms with Gasteiger partial charge in [0.15, 0.2) is 11.6 Å². The molecule has 1 unspecified atom stereocenters. The molecule has 20 heavy (non-hydrogen) atoms. The minimum absolute atomic E-state index is 0.180. The molecule has 3 N–H and O–H groups in total. The van der Waals surface area contributed by atoms with Gasteiger partial charge >= 0.3 is 0 Å². The van der Waals surface area contributed by atoms with Crippen molar-refractivity contribution in [1.82, 2.24) is 15.6 Å². The number of methoxy groups -OCH3 is 1. The molecule has 0 fully saturated rings. The van der Waals surface area contributed by atoms with Gasteiger partial charge in [0.1, 0.15) is 0 Å². The van der Waals surface area contributed by atoms with Crippen molar-refractivity contribution in [2.45, 2.75) is 19.9 Å². The molecule has 0 radical (unpaired) electrons. The van der Waals surface area contributed by atoms with Crippen molar-refractivity contribution in [3.8, 4) is 5.75 Å². The largest absolute Gasteiger partial charge is 0.494 e. The van der Waals surface area contributed by atoms with Gasteiger partial charge in [-0.3, -0.25) is 5.84 Å². The van der Waals surface area contributed by atoms with Gasteiger partial charge < -0.3 is 4.74 Å². The molecular formula is C14H17FN4O. The summed E-state index contributed by atoms with van der Waals surface area (Å²) in [7, 11) is 1.43. The molecular weight excluding hydrogens is 259 g/mol. The van der Waals surface area contributed by atoms with Crippen LogP contribution in [0.1, 0.15) is 28.6 Å². The standard InChI is InChI=1S/C14H17FN4O/c1-8-7-11(9(2)19-18-8)14(17-16)10-5-4-6-12(20-3)13(10)15/h4-7,14,17H,16H2,1-3H3. The predicted octanol–water partition coefficient (Wildman–Crippen LogP) is 1.79. The van der Waals surface area contributed by atoms with E-state index >= 15 is 0 Å². The average Bonchev–Trinajstić information content (AvgIpc) is 2.45. The topological polar surface area (TPSA) is 73.1 Å². The van der Waals surface area contributed by atoms with Crippen LogP contribution in [0.5, 0.6) is 5.75 Å². The van der Waals surface area contributed by atoms with Gasteiger partial charge in [0.05, 0.1) is 24.5 Å². The molecule has 1 heterocycles. The Morgan fingerprint density at radius 1 is 1.25 bits per heavy atom. The number of nitrogens with zero attached hydrogens (tertiary/aromatic N) is 2. The van der Waals surface area contributed by atoms with Crippen LogP contribution in [0.2, 0.25) is 0 Å². The van der Waals surface area contributed by atoms with Crippen LogP contribution in [-0.2, 0) is 0 Å². The van der Waals surface area contributed by atoms with Crippen molar-refractivity contribution in [2.24, 2.45) is 5.84 Å². The van der Waals surface area contributed by atoms with Crippen LogP contribution in [0.15, 0.2) is 24.3 Å². The molecule has 1 aromatic heterocycles. The fraction of sp³-hybridized carbons (Fsp3) is 0.286. The second-order valence-corrected chi connectivity index (χ2v) is 4.49. The van der Waals surface area contributed by atoms with Crippen LogP contribution in [0.3, 0.4) is 0 Å². The highest BCUT2D eigenvalue weighted by Crippen LogP contribution is 2.29. The zero-order valence-corrected chi connectivity index (χ0v) is 11.6. The summed E-state index contributed by atoms with van der Waals surface area (Å²) in [6, 6.07) is 6.27. The average molecular weight is 276 g/mol. The summed E-state index contributed by atoms with van der Waals surface area (Å²) < 4.78 is 19.4. The van der Waals surface area contributed by atoms with Crippen molar-refractivity contribution in [3.05, 3.63) is 52.6 Å². The first-order valence-electron chi connectivity index (χ1n) is 6.17. The Morgan fingerprint density at radius 2 is 2.00 bits per heavy atom. The first-order chi connectivity index (χ1) is 9.58. The highest BCUT2D eigenvalue weighted by atomic mass is 19.1. The zero-order chi connectivity index (χ0) is 14.7. The van der Waals surface area contributed by atoms with Crippen molar-refractivity contribution in [2.75, 3.05) is 7.11 Å². The summed E-state index contributed by atoms with van der Waals surface area (Å²) in [5, 5.41) is 8.01. The van der Waals surface area contributed by atoms with E-state index in [-0.39, 0.29) is 5.75 Å². The molecule has 0 saturated heterocycles. The summed E-state index contributed by atoms with van der Waals surface area (Å²) in [4.78, 5) is 0. The Labute approximate surface area is 116 Å². The lowest BCUT2D eigenvalue weighted by Crippen LogP contribution is -2.30. The number of rotatable bonds is 4. The molecule has 1 aromatic carbocycles. The molecule has 1 atom stereocenters. The van der Waals surface area contributed by atoms with Gasteiger partial charge in [-0.2, -0.15) is 10.2 Å². The number of ether oxygens (including phenoxy) is 1. The van der Waals surface area contributed by atoms with Crippen LogP contribution in [0, 0.1) is 19.7 Å². The fourth-order valence-corrected chi connectivity index (χ4v) is 2.12. The fourth-order valence-electron chi connectivity index (χ4n) is 2.12. The molecule has 0 aliphatic carbocycles. The van der Waals surface area contributed by atoms with Gasteiger partial charge in [-0.15, -0.1) is 0 Å². The van der Waals surface area contributed by atoms with Crippen LogP contribution in [0.4, 0.5) is 4.39 Å². The van der Waals surface area contributed by atoms with Crippen molar-refractivity contribution in [3.63, 3.8) is 0 Å². The number of aryl methyl sites for hydroxylation is 2. The summed E-state index contributed by atoms with van der Waals surface area (Å²) in [5.74, 6) is 5.35. The number of benzene rings is 1. The SMILES string of the molecule is COc1cccc(C(NN)c2cc(C)nnc2C)c1F. The van der Waals surface area contributed by atoms with E-state index in [1.54, 1.807) is 18.2 Å². The van der Waals surface area contributed by atoms with E-state index < -0.39 is 11.9 Å². The van der Waals surface area contributed by atoms with Gasteiger partial charge in [0, 0.05) is 5.56 Å². The zero-order valence-electron chi connectivity index (χ0n) is 11.6. The van der Waals surface area contributed by atoms with Crippen LogP contribution >= 0.6 is 0 Å². The normalized spacial score (nSPS) is 12.2.